The topological polar surface area (TPSA) is 35.5 Å². The Hall–Kier alpha value is -0.640. The van der Waals surface area contributed by atoms with Gasteiger partial charge < -0.3 is 9.47 Å². The van der Waals surface area contributed by atoms with Crippen LogP contribution in [0.1, 0.15) is 10.4 Å². The molecule has 0 aliphatic carbocycles. The Bertz CT molecular complexity index is 404. The third kappa shape index (κ3) is 2.00. The number of carbonyl (C=O) groups is 1. The fraction of sp³-hybridized carbons (Fsp3) is 0.222. The van der Waals surface area contributed by atoms with E-state index in [1.54, 1.807) is 0 Å². The quantitative estimate of drug-likeness (QED) is 0.622. The fourth-order valence-corrected chi connectivity index (χ4v) is 1.84. The van der Waals surface area contributed by atoms with E-state index >= 15 is 0 Å². The SMILES string of the molecule is COc1c(Cl)c(Cl)c(Cl)c(C=O)c1OC. The normalized spacial score (nSPS) is 9.93. The fourth-order valence-electron chi connectivity index (χ4n) is 1.13. The summed E-state index contributed by atoms with van der Waals surface area (Å²) in [4.78, 5) is 10.8. The molecular formula is C9H7Cl3O3. The van der Waals surface area contributed by atoms with Crippen molar-refractivity contribution in [2.24, 2.45) is 0 Å². The lowest BCUT2D eigenvalue weighted by atomic mass is 10.2. The zero-order valence-electron chi connectivity index (χ0n) is 7.94. The van der Waals surface area contributed by atoms with Gasteiger partial charge in [0.25, 0.3) is 0 Å². The molecule has 0 fully saturated rings. The van der Waals surface area contributed by atoms with Crippen molar-refractivity contribution in [3.8, 4) is 11.5 Å². The van der Waals surface area contributed by atoms with Crippen molar-refractivity contribution in [2.75, 3.05) is 14.2 Å². The monoisotopic (exact) mass is 268 g/mol. The smallest absolute Gasteiger partial charge is 0.181 e. The average Bonchev–Trinajstić information content (AvgIpc) is 2.25. The van der Waals surface area contributed by atoms with Gasteiger partial charge in [-0.15, -0.1) is 0 Å². The van der Waals surface area contributed by atoms with Crippen molar-refractivity contribution in [2.45, 2.75) is 0 Å². The Morgan fingerprint density at radius 2 is 1.47 bits per heavy atom. The Morgan fingerprint density at radius 3 is 1.87 bits per heavy atom. The Balaban J connectivity index is 3.66. The maximum absolute atomic E-state index is 10.8. The van der Waals surface area contributed by atoms with Crippen LogP contribution in [0.15, 0.2) is 0 Å². The number of halogens is 3. The summed E-state index contributed by atoms with van der Waals surface area (Å²) >= 11 is 17.5. The van der Waals surface area contributed by atoms with Gasteiger partial charge in [0.15, 0.2) is 17.8 Å². The Labute approximate surface area is 102 Å². The summed E-state index contributed by atoms with van der Waals surface area (Å²) in [6.45, 7) is 0. The summed E-state index contributed by atoms with van der Waals surface area (Å²) in [6.07, 6.45) is 0.534. The zero-order valence-corrected chi connectivity index (χ0v) is 10.2. The molecular weight excluding hydrogens is 262 g/mol. The molecule has 15 heavy (non-hydrogen) atoms. The van der Waals surface area contributed by atoms with Crippen LogP contribution in [0.5, 0.6) is 11.5 Å². The lowest BCUT2D eigenvalue weighted by molar-refractivity contribution is 0.112. The highest BCUT2D eigenvalue weighted by Gasteiger charge is 2.22. The molecule has 6 heteroatoms. The van der Waals surface area contributed by atoms with E-state index < -0.39 is 0 Å². The molecule has 0 amide bonds. The van der Waals surface area contributed by atoms with Crippen molar-refractivity contribution >= 4 is 41.1 Å². The molecule has 0 heterocycles. The van der Waals surface area contributed by atoms with Gasteiger partial charge in [-0.3, -0.25) is 4.79 Å². The van der Waals surface area contributed by atoms with Crippen LogP contribution in [-0.4, -0.2) is 20.5 Å². The highest BCUT2D eigenvalue weighted by Crippen LogP contribution is 2.46. The molecule has 1 aromatic carbocycles. The van der Waals surface area contributed by atoms with Gasteiger partial charge in [0.05, 0.1) is 29.8 Å². The number of benzene rings is 1. The molecule has 0 aliphatic rings. The molecule has 0 bridgehead atoms. The van der Waals surface area contributed by atoms with Crippen LogP contribution in [0, 0.1) is 0 Å². The van der Waals surface area contributed by atoms with Gasteiger partial charge in [-0.2, -0.15) is 0 Å². The minimum absolute atomic E-state index is 0.0503. The molecule has 0 N–H and O–H groups in total. The van der Waals surface area contributed by atoms with E-state index in [4.69, 9.17) is 44.3 Å². The summed E-state index contributed by atoms with van der Waals surface area (Å²) in [5.41, 5.74) is 0.116. The van der Waals surface area contributed by atoms with Gasteiger partial charge >= 0.3 is 0 Å². The van der Waals surface area contributed by atoms with E-state index in [1.165, 1.54) is 14.2 Å². The molecule has 0 aromatic heterocycles. The standard InChI is InChI=1S/C9H7Cl3O3/c1-14-8-4(3-13)5(10)6(11)7(12)9(8)15-2/h3H,1-2H3. The van der Waals surface area contributed by atoms with Gasteiger partial charge in [0.1, 0.15) is 5.02 Å². The molecule has 1 rings (SSSR count). The lowest BCUT2D eigenvalue weighted by Gasteiger charge is -2.14. The number of rotatable bonds is 3. The molecule has 0 saturated heterocycles. The Morgan fingerprint density at radius 1 is 0.933 bits per heavy atom. The van der Waals surface area contributed by atoms with E-state index in [9.17, 15) is 4.79 Å². The number of hydrogen-bond donors (Lipinski definition) is 0. The summed E-state index contributed by atoms with van der Waals surface area (Å²) in [5.74, 6) is 0.363. The molecule has 0 saturated carbocycles. The first kappa shape index (κ1) is 12.4. The van der Waals surface area contributed by atoms with Crippen LogP contribution in [0.2, 0.25) is 15.1 Å². The van der Waals surface area contributed by atoms with Crippen molar-refractivity contribution in [1.82, 2.24) is 0 Å². The number of ether oxygens (including phenoxy) is 2. The van der Waals surface area contributed by atoms with Crippen LogP contribution in [0.3, 0.4) is 0 Å². The molecule has 0 unspecified atom stereocenters. The third-order valence-electron chi connectivity index (χ3n) is 1.80. The summed E-state index contributed by atoms with van der Waals surface area (Å²) < 4.78 is 9.98. The number of aldehydes is 1. The first-order valence-corrected chi connectivity index (χ1v) is 4.95. The molecule has 0 radical (unpaired) electrons. The molecule has 0 aliphatic heterocycles. The van der Waals surface area contributed by atoms with Crippen molar-refractivity contribution in [3.63, 3.8) is 0 Å². The number of methoxy groups -OCH3 is 2. The van der Waals surface area contributed by atoms with Gasteiger partial charge in [-0.25, -0.2) is 0 Å². The second-order valence-corrected chi connectivity index (χ2v) is 3.67. The van der Waals surface area contributed by atoms with E-state index in [0.29, 0.717) is 6.29 Å². The van der Waals surface area contributed by atoms with E-state index in [-0.39, 0.29) is 32.1 Å². The maximum atomic E-state index is 10.8. The molecule has 1 aromatic rings. The van der Waals surface area contributed by atoms with Crippen molar-refractivity contribution in [3.05, 3.63) is 20.6 Å². The highest BCUT2D eigenvalue weighted by molar-refractivity contribution is 6.50. The average molecular weight is 270 g/mol. The molecule has 82 valence electrons. The highest BCUT2D eigenvalue weighted by atomic mass is 35.5. The van der Waals surface area contributed by atoms with Crippen LogP contribution < -0.4 is 9.47 Å². The van der Waals surface area contributed by atoms with Gasteiger partial charge in [0.2, 0.25) is 0 Å². The largest absolute Gasteiger partial charge is 0.492 e. The first-order valence-electron chi connectivity index (χ1n) is 3.82. The van der Waals surface area contributed by atoms with Gasteiger partial charge in [-0.1, -0.05) is 34.8 Å². The lowest BCUT2D eigenvalue weighted by Crippen LogP contribution is -1.98. The van der Waals surface area contributed by atoms with E-state index in [2.05, 4.69) is 0 Å². The van der Waals surface area contributed by atoms with Crippen molar-refractivity contribution in [1.29, 1.82) is 0 Å². The van der Waals surface area contributed by atoms with E-state index in [0.717, 1.165) is 0 Å². The van der Waals surface area contributed by atoms with Gasteiger partial charge in [-0.05, 0) is 0 Å². The minimum atomic E-state index is 0.0503. The number of carbonyl (C=O) groups excluding carboxylic acids is 1. The summed E-state index contributed by atoms with van der Waals surface area (Å²) in [6, 6.07) is 0. The Kier molecular flexibility index (Phi) is 4.08. The predicted octanol–water partition coefficient (Wildman–Crippen LogP) is 3.48. The van der Waals surface area contributed by atoms with Gasteiger partial charge in [0, 0.05) is 0 Å². The van der Waals surface area contributed by atoms with Crippen molar-refractivity contribution < 1.29 is 14.3 Å². The van der Waals surface area contributed by atoms with Crippen LogP contribution in [-0.2, 0) is 0 Å². The summed E-state index contributed by atoms with van der Waals surface area (Å²) in [5, 5.41) is 0.235. The number of hydrogen-bond acceptors (Lipinski definition) is 3. The third-order valence-corrected chi connectivity index (χ3v) is 3.12. The maximum Gasteiger partial charge on any atom is 0.181 e. The summed E-state index contributed by atoms with van der Waals surface area (Å²) in [7, 11) is 2.77. The second-order valence-electron chi connectivity index (χ2n) is 2.54. The van der Waals surface area contributed by atoms with Crippen LogP contribution >= 0.6 is 34.8 Å². The predicted molar refractivity (Wildman–Crippen MR) is 60.0 cm³/mol. The first-order chi connectivity index (χ1) is 7.08. The zero-order chi connectivity index (χ0) is 11.6. The molecule has 0 atom stereocenters. The van der Waals surface area contributed by atoms with E-state index in [1.807, 2.05) is 0 Å². The molecule has 0 spiro atoms. The molecule has 3 nitrogen and oxygen atoms in total. The second kappa shape index (κ2) is 4.92. The minimum Gasteiger partial charge on any atom is -0.492 e. The van der Waals surface area contributed by atoms with Crippen LogP contribution in [0.4, 0.5) is 0 Å². The van der Waals surface area contributed by atoms with Crippen LogP contribution in [0.25, 0.3) is 0 Å².